The highest BCUT2D eigenvalue weighted by atomic mass is 19.1. The molecule has 0 aliphatic heterocycles. The van der Waals surface area contributed by atoms with Crippen molar-refractivity contribution in [2.45, 2.75) is 0 Å². The Kier molecular flexibility index (Phi) is 2.25. The van der Waals surface area contributed by atoms with E-state index in [4.69, 9.17) is 10.9 Å². The molecule has 1 aromatic rings. The van der Waals surface area contributed by atoms with Crippen LogP contribution in [0.5, 0.6) is 5.75 Å². The van der Waals surface area contributed by atoms with E-state index >= 15 is 0 Å². The highest BCUT2D eigenvalue weighted by Gasteiger charge is 2.12. The van der Waals surface area contributed by atoms with Crippen LogP contribution in [-0.2, 0) is 0 Å². The van der Waals surface area contributed by atoms with Crippen molar-refractivity contribution in [1.82, 2.24) is 5.43 Å². The molecule has 0 saturated carbocycles. The number of halogens is 1. The van der Waals surface area contributed by atoms with E-state index in [0.29, 0.717) is 0 Å². The van der Waals surface area contributed by atoms with Crippen LogP contribution in [0.15, 0.2) is 18.2 Å². The lowest BCUT2D eigenvalue weighted by atomic mass is 10.2. The molecule has 5 heteroatoms. The molecule has 0 unspecified atom stereocenters. The van der Waals surface area contributed by atoms with E-state index in [1.807, 2.05) is 0 Å². The van der Waals surface area contributed by atoms with Crippen LogP contribution in [0.1, 0.15) is 10.4 Å². The number of nitrogens with two attached hydrogens (primary N) is 1. The third-order valence-electron chi connectivity index (χ3n) is 1.35. The van der Waals surface area contributed by atoms with Gasteiger partial charge in [0.05, 0.1) is 5.56 Å². The molecule has 0 bridgehead atoms. The van der Waals surface area contributed by atoms with E-state index in [2.05, 4.69) is 0 Å². The van der Waals surface area contributed by atoms with E-state index in [1.165, 1.54) is 12.1 Å². The zero-order valence-electron chi connectivity index (χ0n) is 6.04. The van der Waals surface area contributed by atoms with Crippen LogP contribution in [0, 0.1) is 5.82 Å². The van der Waals surface area contributed by atoms with E-state index in [0.717, 1.165) is 6.07 Å². The van der Waals surface area contributed by atoms with Crippen LogP contribution < -0.4 is 11.3 Å². The molecule has 0 atom stereocenters. The molecule has 0 aliphatic rings. The summed E-state index contributed by atoms with van der Waals surface area (Å²) in [6.07, 6.45) is 0. The number of hydrogen-bond donors (Lipinski definition) is 3. The monoisotopic (exact) mass is 170 g/mol. The van der Waals surface area contributed by atoms with Crippen LogP contribution in [0.25, 0.3) is 0 Å². The maximum Gasteiger partial charge on any atom is 0.268 e. The van der Waals surface area contributed by atoms with Gasteiger partial charge in [-0.1, -0.05) is 6.07 Å². The van der Waals surface area contributed by atoms with Crippen LogP contribution in [-0.4, -0.2) is 11.0 Å². The topological polar surface area (TPSA) is 75.3 Å². The summed E-state index contributed by atoms with van der Waals surface area (Å²) in [5, 5.41) is 8.85. The Bertz CT molecular complexity index is 314. The number of hydrazine groups is 1. The fourth-order valence-electron chi connectivity index (χ4n) is 0.773. The quantitative estimate of drug-likeness (QED) is 0.318. The zero-order valence-corrected chi connectivity index (χ0v) is 6.04. The average molecular weight is 170 g/mol. The van der Waals surface area contributed by atoms with Crippen molar-refractivity contribution in [2.24, 2.45) is 5.84 Å². The summed E-state index contributed by atoms with van der Waals surface area (Å²) in [7, 11) is 0. The Morgan fingerprint density at radius 2 is 2.25 bits per heavy atom. The normalized spacial score (nSPS) is 9.50. The lowest BCUT2D eigenvalue weighted by molar-refractivity contribution is 0.0949. The van der Waals surface area contributed by atoms with E-state index in [1.54, 1.807) is 5.43 Å². The number of carbonyl (C=O) groups is 1. The molecule has 1 amide bonds. The second-order valence-electron chi connectivity index (χ2n) is 2.11. The molecule has 4 N–H and O–H groups in total. The number of benzene rings is 1. The van der Waals surface area contributed by atoms with Gasteiger partial charge >= 0.3 is 0 Å². The Balaban J connectivity index is 3.16. The molecule has 12 heavy (non-hydrogen) atoms. The van der Waals surface area contributed by atoms with E-state index < -0.39 is 17.5 Å². The molecule has 0 radical (unpaired) electrons. The number of amides is 1. The van der Waals surface area contributed by atoms with E-state index in [9.17, 15) is 9.18 Å². The first-order valence-corrected chi connectivity index (χ1v) is 3.15. The summed E-state index contributed by atoms with van der Waals surface area (Å²) in [4.78, 5) is 10.8. The van der Waals surface area contributed by atoms with Gasteiger partial charge in [-0.15, -0.1) is 0 Å². The average Bonchev–Trinajstić information content (AvgIpc) is 2.08. The minimum Gasteiger partial charge on any atom is -0.505 e. The van der Waals surface area contributed by atoms with Crippen LogP contribution in [0.4, 0.5) is 4.39 Å². The predicted octanol–water partition coefficient (Wildman–Crippen LogP) is 0.135. The lowest BCUT2D eigenvalue weighted by Crippen LogP contribution is -2.30. The smallest absolute Gasteiger partial charge is 0.268 e. The molecule has 0 aliphatic carbocycles. The van der Waals surface area contributed by atoms with Crippen LogP contribution >= 0.6 is 0 Å². The number of phenols is 1. The number of hydrogen-bond acceptors (Lipinski definition) is 3. The second-order valence-corrected chi connectivity index (χ2v) is 2.11. The van der Waals surface area contributed by atoms with Gasteiger partial charge in [0.15, 0.2) is 11.6 Å². The van der Waals surface area contributed by atoms with Gasteiger partial charge in [-0.05, 0) is 12.1 Å². The van der Waals surface area contributed by atoms with Gasteiger partial charge in [0.1, 0.15) is 0 Å². The first-order valence-electron chi connectivity index (χ1n) is 3.15. The van der Waals surface area contributed by atoms with Gasteiger partial charge in [0.2, 0.25) is 0 Å². The Morgan fingerprint density at radius 3 is 2.83 bits per heavy atom. The first kappa shape index (κ1) is 8.48. The molecule has 1 rings (SSSR count). The number of carbonyl (C=O) groups excluding carboxylic acids is 1. The van der Waals surface area contributed by atoms with Crippen LogP contribution in [0.2, 0.25) is 0 Å². The summed E-state index contributed by atoms with van der Waals surface area (Å²) >= 11 is 0. The summed E-state index contributed by atoms with van der Waals surface area (Å²) < 4.78 is 12.9. The van der Waals surface area contributed by atoms with Crippen molar-refractivity contribution in [2.75, 3.05) is 0 Å². The summed E-state index contributed by atoms with van der Waals surface area (Å²) in [5.74, 6) is 2.46. The fourth-order valence-corrected chi connectivity index (χ4v) is 0.773. The second kappa shape index (κ2) is 3.19. The van der Waals surface area contributed by atoms with Gasteiger partial charge in [-0.2, -0.15) is 0 Å². The molecule has 0 fully saturated rings. The number of nitrogens with one attached hydrogen (secondary N) is 1. The maximum atomic E-state index is 12.9. The van der Waals surface area contributed by atoms with Crippen molar-refractivity contribution in [3.8, 4) is 5.75 Å². The SMILES string of the molecule is NNC(=O)c1cccc(O)c1F. The zero-order chi connectivity index (χ0) is 9.14. The number of rotatable bonds is 1. The highest BCUT2D eigenvalue weighted by molar-refractivity contribution is 5.94. The van der Waals surface area contributed by atoms with Crippen molar-refractivity contribution in [3.05, 3.63) is 29.6 Å². The van der Waals surface area contributed by atoms with Gasteiger partial charge in [-0.25, -0.2) is 10.2 Å². The summed E-state index contributed by atoms with van der Waals surface area (Å²) in [5.41, 5.74) is 1.48. The van der Waals surface area contributed by atoms with E-state index in [-0.39, 0.29) is 5.56 Å². The molecule has 64 valence electrons. The third kappa shape index (κ3) is 1.35. The number of phenolic OH excluding ortho intramolecular Hbond substituents is 1. The van der Waals surface area contributed by atoms with Gasteiger partial charge < -0.3 is 5.11 Å². The lowest BCUT2D eigenvalue weighted by Gasteiger charge is -2.01. The minimum atomic E-state index is -0.972. The predicted molar refractivity (Wildman–Crippen MR) is 39.7 cm³/mol. The molecule has 1 aromatic carbocycles. The molecule has 0 aromatic heterocycles. The maximum absolute atomic E-state index is 12.9. The van der Waals surface area contributed by atoms with Crippen LogP contribution in [0.3, 0.4) is 0 Å². The number of nitrogen functional groups attached to an aromatic ring is 1. The van der Waals surface area contributed by atoms with Gasteiger partial charge in [0, 0.05) is 0 Å². The highest BCUT2D eigenvalue weighted by Crippen LogP contribution is 2.17. The summed E-state index contributed by atoms with van der Waals surface area (Å²) in [6, 6.07) is 3.71. The largest absolute Gasteiger partial charge is 0.505 e. The standard InChI is InChI=1S/C7H7FN2O2/c8-6-4(7(12)10-9)2-1-3-5(6)11/h1-3,11H,9H2,(H,10,12). The Labute approximate surface area is 67.8 Å². The van der Waals surface area contributed by atoms with Crippen molar-refractivity contribution >= 4 is 5.91 Å². The molecular formula is C7H7FN2O2. The molecule has 4 nitrogen and oxygen atoms in total. The number of aromatic hydroxyl groups is 1. The molecular weight excluding hydrogens is 163 g/mol. The molecule has 0 saturated heterocycles. The van der Waals surface area contributed by atoms with Crippen molar-refractivity contribution in [1.29, 1.82) is 0 Å². The van der Waals surface area contributed by atoms with Gasteiger partial charge in [-0.3, -0.25) is 10.2 Å². The third-order valence-corrected chi connectivity index (χ3v) is 1.35. The summed E-state index contributed by atoms with van der Waals surface area (Å²) in [6.45, 7) is 0. The van der Waals surface area contributed by atoms with Crippen molar-refractivity contribution in [3.63, 3.8) is 0 Å². The fraction of sp³-hybridized carbons (Fsp3) is 0. The van der Waals surface area contributed by atoms with Gasteiger partial charge in [0.25, 0.3) is 5.91 Å². The Morgan fingerprint density at radius 1 is 1.58 bits per heavy atom. The molecule has 0 spiro atoms. The first-order chi connectivity index (χ1) is 5.66. The van der Waals surface area contributed by atoms with Crippen molar-refractivity contribution < 1.29 is 14.3 Å². The Hall–Kier alpha value is -1.62. The minimum absolute atomic E-state index is 0.280. The molecule has 0 heterocycles.